The summed E-state index contributed by atoms with van der Waals surface area (Å²) in [5.74, 6) is -4.09. The predicted octanol–water partition coefficient (Wildman–Crippen LogP) is 2.54. The molecule has 2 rings (SSSR count). The second-order valence-electron chi connectivity index (χ2n) is 7.94. The average Bonchev–Trinajstić information content (AvgIpc) is 2.90. The molecule has 1 saturated carbocycles. The zero-order valence-corrected chi connectivity index (χ0v) is 24.1. The first-order valence-corrected chi connectivity index (χ1v) is 9.87. The molecule has 4 radical (unpaired) electrons. The molecule has 2 atom stereocenters. The molecular formula is C22H33NO10Pb. The van der Waals surface area contributed by atoms with E-state index in [-0.39, 0.29) is 39.9 Å². The summed E-state index contributed by atoms with van der Waals surface area (Å²) in [6, 6.07) is 5.41. The molecule has 4 N–H and O–H groups in total. The Morgan fingerprint density at radius 1 is 0.941 bits per heavy atom. The maximum absolute atomic E-state index is 12.3. The van der Waals surface area contributed by atoms with Crippen molar-refractivity contribution in [2.45, 2.75) is 61.0 Å². The maximum Gasteiger partial charge on any atom is 0.309 e. The number of hydrogen-bond donors (Lipinski definition) is 4. The fourth-order valence-electron chi connectivity index (χ4n) is 3.02. The maximum atomic E-state index is 12.3. The first-order chi connectivity index (χ1) is 15.0. The summed E-state index contributed by atoms with van der Waals surface area (Å²) in [4.78, 5) is 54.9. The van der Waals surface area contributed by atoms with Crippen LogP contribution in [-0.2, 0) is 35.3 Å². The number of esters is 1. The second-order valence-corrected chi connectivity index (χ2v) is 7.94. The number of carboxylic acids is 4. The van der Waals surface area contributed by atoms with Gasteiger partial charge in [-0.1, -0.05) is 19.9 Å². The number of rotatable bonds is 4. The molecule has 1 aliphatic carbocycles. The quantitative estimate of drug-likeness (QED) is 0.271. The molecule has 190 valence electrons. The van der Waals surface area contributed by atoms with Gasteiger partial charge in [-0.3, -0.25) is 29.0 Å². The van der Waals surface area contributed by atoms with Crippen molar-refractivity contribution in [2.75, 3.05) is 0 Å². The van der Waals surface area contributed by atoms with Crippen LogP contribution in [-0.4, -0.2) is 82.6 Å². The third-order valence-electron chi connectivity index (χ3n) is 5.07. The van der Waals surface area contributed by atoms with E-state index < -0.39 is 40.6 Å². The van der Waals surface area contributed by atoms with Gasteiger partial charge in [-0.2, -0.15) is 0 Å². The zero-order chi connectivity index (χ0) is 26.4. The summed E-state index contributed by atoms with van der Waals surface area (Å²) in [7, 11) is 0. The second kappa shape index (κ2) is 16.9. The zero-order valence-electron chi connectivity index (χ0n) is 20.2. The number of nitrogens with zero attached hydrogens (tertiary/aromatic N) is 1. The van der Waals surface area contributed by atoms with Crippen LogP contribution < -0.4 is 0 Å². The van der Waals surface area contributed by atoms with Crippen LogP contribution in [0.25, 0.3) is 0 Å². The Kier molecular flexibility index (Phi) is 17.9. The molecule has 1 aromatic rings. The minimum Gasteiger partial charge on any atom is -0.481 e. The summed E-state index contributed by atoms with van der Waals surface area (Å²) in [6.07, 6.45) is 2.67. The number of pyridine rings is 1. The molecule has 0 spiro atoms. The fraction of sp³-hybridized carbons (Fsp3) is 0.545. The van der Waals surface area contributed by atoms with Crippen molar-refractivity contribution in [3.05, 3.63) is 30.1 Å². The molecule has 11 nitrogen and oxygen atoms in total. The molecule has 0 saturated heterocycles. The summed E-state index contributed by atoms with van der Waals surface area (Å²) in [5.41, 5.74) is -0.857. The van der Waals surface area contributed by atoms with Gasteiger partial charge in [0.05, 0.1) is 17.0 Å². The van der Waals surface area contributed by atoms with Crippen LogP contribution in [0.4, 0.5) is 0 Å². The van der Waals surface area contributed by atoms with E-state index in [4.69, 9.17) is 34.4 Å². The van der Waals surface area contributed by atoms with Crippen molar-refractivity contribution < 1.29 is 49.1 Å². The van der Waals surface area contributed by atoms with Gasteiger partial charge in [-0.25, -0.2) is 0 Å². The van der Waals surface area contributed by atoms with Crippen LogP contribution >= 0.6 is 0 Å². The topological polar surface area (TPSA) is 188 Å². The summed E-state index contributed by atoms with van der Waals surface area (Å²) < 4.78 is 5.33. The van der Waals surface area contributed by atoms with Gasteiger partial charge in [0.2, 0.25) is 0 Å². The van der Waals surface area contributed by atoms with Crippen molar-refractivity contribution in [1.82, 2.24) is 4.98 Å². The fourth-order valence-corrected chi connectivity index (χ4v) is 3.02. The van der Waals surface area contributed by atoms with Gasteiger partial charge in [0.1, 0.15) is 6.61 Å². The normalized spacial score (nSPS) is 19.1. The van der Waals surface area contributed by atoms with Crippen molar-refractivity contribution in [2.24, 2.45) is 16.7 Å². The third kappa shape index (κ3) is 13.9. The first kappa shape index (κ1) is 36.0. The van der Waals surface area contributed by atoms with E-state index in [0.717, 1.165) is 20.8 Å². The Morgan fingerprint density at radius 3 is 1.71 bits per heavy atom. The minimum absolute atomic E-state index is 0. The van der Waals surface area contributed by atoms with Crippen molar-refractivity contribution >= 4 is 57.1 Å². The number of aliphatic carboxylic acids is 4. The van der Waals surface area contributed by atoms with E-state index in [2.05, 4.69) is 4.98 Å². The third-order valence-corrected chi connectivity index (χ3v) is 5.07. The van der Waals surface area contributed by atoms with E-state index in [1.165, 1.54) is 0 Å². The van der Waals surface area contributed by atoms with Gasteiger partial charge in [0.25, 0.3) is 17.9 Å². The van der Waals surface area contributed by atoms with Gasteiger partial charge in [-0.05, 0) is 37.3 Å². The Bertz CT molecular complexity index is 773. The number of carboxylic acid groups (broad SMARTS) is 4. The molecular weight excluding hydrogens is 645 g/mol. The van der Waals surface area contributed by atoms with E-state index in [9.17, 15) is 14.7 Å². The number of carbonyl (C=O) groups is 5. The van der Waals surface area contributed by atoms with Gasteiger partial charge in [0, 0.05) is 54.3 Å². The van der Waals surface area contributed by atoms with Gasteiger partial charge in [-0.15, -0.1) is 0 Å². The molecule has 0 amide bonds. The van der Waals surface area contributed by atoms with Gasteiger partial charge < -0.3 is 25.2 Å². The van der Waals surface area contributed by atoms with Crippen LogP contribution in [0.3, 0.4) is 0 Å². The molecule has 0 aromatic carbocycles. The number of aromatic nitrogens is 1. The molecule has 12 heteroatoms. The van der Waals surface area contributed by atoms with E-state index in [1.807, 2.05) is 19.9 Å². The van der Waals surface area contributed by atoms with E-state index >= 15 is 0 Å². The number of ether oxygens (including phenoxy) is 1. The smallest absolute Gasteiger partial charge is 0.309 e. The van der Waals surface area contributed by atoms with Crippen LogP contribution in [0.2, 0.25) is 0 Å². The molecule has 0 bridgehead atoms. The molecule has 1 fully saturated rings. The molecule has 0 aliphatic heterocycles. The van der Waals surface area contributed by atoms with Crippen LogP contribution in [0, 0.1) is 16.7 Å². The Morgan fingerprint density at radius 2 is 1.38 bits per heavy atom. The van der Waals surface area contributed by atoms with Crippen molar-refractivity contribution in [3.63, 3.8) is 0 Å². The summed E-state index contributed by atoms with van der Waals surface area (Å²) in [6.45, 7) is 8.75. The molecule has 1 aliphatic rings. The average molecular weight is 679 g/mol. The first-order valence-electron chi connectivity index (χ1n) is 9.87. The van der Waals surface area contributed by atoms with E-state index in [1.54, 1.807) is 25.3 Å². The van der Waals surface area contributed by atoms with Crippen LogP contribution in [0.5, 0.6) is 0 Å². The van der Waals surface area contributed by atoms with Gasteiger partial charge in [0.15, 0.2) is 0 Å². The number of carbonyl (C=O) groups excluding carboxylic acids is 1. The molecule has 34 heavy (non-hydrogen) atoms. The molecule has 1 aromatic heterocycles. The SMILES string of the molecule is CC(=O)O.CC(=O)O.CC(=O)O.CC1(C)[C@@H](C(=O)OCc2ccccn2)CC[C@@]1(C)C(=O)O.[Pb]. The van der Waals surface area contributed by atoms with Crippen molar-refractivity contribution in [1.29, 1.82) is 0 Å². The van der Waals surface area contributed by atoms with Crippen molar-refractivity contribution in [3.8, 4) is 0 Å². The van der Waals surface area contributed by atoms with Gasteiger partial charge >= 0.3 is 11.9 Å². The number of hydrogen-bond acceptors (Lipinski definition) is 7. The Labute approximate surface area is 218 Å². The standard InChI is InChI=1S/C16H21NO4.3C2H4O2.Pb/c1-15(2)12(7-8-16(15,3)14(19)20)13(18)21-10-11-6-4-5-9-17-11;3*1-2(3)4;/h4-6,9,12H,7-8,10H2,1-3H3,(H,19,20);3*1H3,(H,3,4);/t12-,16+;;;;/m1..../s1. The van der Waals surface area contributed by atoms with Crippen LogP contribution in [0.15, 0.2) is 24.4 Å². The molecule has 1 heterocycles. The van der Waals surface area contributed by atoms with E-state index in [0.29, 0.717) is 18.5 Å². The summed E-state index contributed by atoms with van der Waals surface area (Å²) in [5, 5.41) is 31.7. The minimum atomic E-state index is -0.901. The predicted molar refractivity (Wildman–Crippen MR) is 122 cm³/mol. The molecule has 0 unspecified atom stereocenters. The largest absolute Gasteiger partial charge is 0.481 e. The Balaban J connectivity index is -0.000000618. The van der Waals surface area contributed by atoms with Crippen LogP contribution in [0.1, 0.15) is 60.1 Å². The monoisotopic (exact) mass is 679 g/mol. The summed E-state index contributed by atoms with van der Waals surface area (Å²) >= 11 is 0. The Hall–Kier alpha value is -2.58.